The fourth-order valence-corrected chi connectivity index (χ4v) is 3.69. The Morgan fingerprint density at radius 2 is 1.59 bits per heavy atom. The van der Waals surface area contributed by atoms with Gasteiger partial charge in [-0.3, -0.25) is 9.71 Å². The molecule has 4 rings (SSSR count). The van der Waals surface area contributed by atoms with Gasteiger partial charge < -0.3 is 14.8 Å². The van der Waals surface area contributed by atoms with Gasteiger partial charge >= 0.3 is 0 Å². The molecule has 0 saturated carbocycles. The molecule has 0 saturated heterocycles. The zero-order chi connectivity index (χ0) is 18.7. The summed E-state index contributed by atoms with van der Waals surface area (Å²) in [6.45, 7) is 0.755. The lowest BCUT2D eigenvalue weighted by Crippen LogP contribution is -2.12. The lowest BCUT2D eigenvalue weighted by Gasteiger charge is -2.10. The molecule has 0 atom stereocenters. The largest absolute Gasteiger partial charge is 0.454 e. The number of anilines is 2. The average molecular weight is 383 g/mol. The van der Waals surface area contributed by atoms with Crippen molar-refractivity contribution in [1.82, 2.24) is 4.98 Å². The first-order valence-corrected chi connectivity index (χ1v) is 9.74. The number of fused-ring (bicyclic) bond motifs is 1. The normalized spacial score (nSPS) is 12.6. The molecule has 2 N–H and O–H groups in total. The molecule has 138 valence electrons. The summed E-state index contributed by atoms with van der Waals surface area (Å²) in [5.41, 5.74) is 2.47. The lowest BCUT2D eigenvalue weighted by atomic mass is 10.2. The second-order valence-corrected chi connectivity index (χ2v) is 7.59. The van der Waals surface area contributed by atoms with E-state index in [1.54, 1.807) is 30.6 Å². The Bertz CT molecular complexity index is 1040. The van der Waals surface area contributed by atoms with E-state index in [0.29, 0.717) is 23.7 Å². The van der Waals surface area contributed by atoms with E-state index in [4.69, 9.17) is 9.47 Å². The van der Waals surface area contributed by atoms with E-state index in [1.165, 1.54) is 12.1 Å². The Balaban J connectivity index is 1.43. The smallest absolute Gasteiger partial charge is 0.262 e. The first-order chi connectivity index (χ1) is 13.1. The average Bonchev–Trinajstić information content (AvgIpc) is 3.16. The highest BCUT2D eigenvalue weighted by Gasteiger charge is 2.20. The molecule has 2 aromatic carbocycles. The Morgan fingerprint density at radius 3 is 2.37 bits per heavy atom. The number of nitrogens with one attached hydrogen (secondary N) is 2. The second kappa shape index (κ2) is 7.16. The van der Waals surface area contributed by atoms with Crippen molar-refractivity contribution in [2.24, 2.45) is 0 Å². The molecule has 1 aliphatic rings. The molecule has 8 heteroatoms. The molecule has 3 aromatic rings. The molecule has 2 heterocycles. The molecule has 0 spiro atoms. The van der Waals surface area contributed by atoms with Gasteiger partial charge in [0.15, 0.2) is 11.5 Å². The Hall–Kier alpha value is -3.26. The minimum absolute atomic E-state index is 0.0974. The van der Waals surface area contributed by atoms with Crippen LogP contribution in [0, 0.1) is 0 Å². The second-order valence-electron chi connectivity index (χ2n) is 5.91. The number of hydrogen-bond acceptors (Lipinski definition) is 6. The number of sulfonamides is 1. The van der Waals surface area contributed by atoms with Crippen LogP contribution in [0.5, 0.6) is 11.5 Å². The molecular weight excluding hydrogens is 366 g/mol. The molecule has 27 heavy (non-hydrogen) atoms. The minimum Gasteiger partial charge on any atom is -0.454 e. The highest BCUT2D eigenvalue weighted by Crippen LogP contribution is 2.34. The van der Waals surface area contributed by atoms with Gasteiger partial charge in [0.1, 0.15) is 0 Å². The first-order valence-electron chi connectivity index (χ1n) is 8.25. The number of benzene rings is 2. The van der Waals surface area contributed by atoms with Gasteiger partial charge in [0.05, 0.1) is 4.90 Å². The number of hydrogen-bond donors (Lipinski definition) is 2. The maximum Gasteiger partial charge on any atom is 0.262 e. The van der Waals surface area contributed by atoms with Crippen LogP contribution in [0.2, 0.25) is 0 Å². The van der Waals surface area contributed by atoms with Crippen LogP contribution in [0.3, 0.4) is 0 Å². The fourth-order valence-electron chi connectivity index (χ4n) is 2.62. The predicted molar refractivity (Wildman–Crippen MR) is 101 cm³/mol. The maximum absolute atomic E-state index is 12.6. The summed E-state index contributed by atoms with van der Waals surface area (Å²) in [7, 11) is -3.72. The number of aromatic nitrogens is 1. The van der Waals surface area contributed by atoms with Crippen LogP contribution >= 0.6 is 0 Å². The number of pyridine rings is 1. The van der Waals surface area contributed by atoms with E-state index in [0.717, 1.165) is 11.3 Å². The van der Waals surface area contributed by atoms with Crippen LogP contribution in [0.25, 0.3) is 0 Å². The van der Waals surface area contributed by atoms with Crippen LogP contribution in [-0.4, -0.2) is 20.2 Å². The predicted octanol–water partition coefficient (Wildman–Crippen LogP) is 3.22. The Morgan fingerprint density at radius 1 is 0.889 bits per heavy atom. The van der Waals surface area contributed by atoms with Crippen molar-refractivity contribution in [3.05, 3.63) is 72.6 Å². The van der Waals surface area contributed by atoms with E-state index in [9.17, 15) is 8.42 Å². The van der Waals surface area contributed by atoms with Crippen LogP contribution in [0.15, 0.2) is 71.9 Å². The zero-order valence-corrected chi connectivity index (χ0v) is 15.1. The maximum atomic E-state index is 12.6. The van der Waals surface area contributed by atoms with Gasteiger partial charge in [-0.15, -0.1) is 0 Å². The van der Waals surface area contributed by atoms with Crippen LogP contribution in [-0.2, 0) is 16.6 Å². The van der Waals surface area contributed by atoms with Gasteiger partial charge in [0.25, 0.3) is 10.0 Å². The summed E-state index contributed by atoms with van der Waals surface area (Å²) >= 11 is 0. The van der Waals surface area contributed by atoms with Crippen molar-refractivity contribution in [2.75, 3.05) is 16.8 Å². The third-order valence-electron chi connectivity index (χ3n) is 4.04. The van der Waals surface area contributed by atoms with E-state index >= 15 is 0 Å². The summed E-state index contributed by atoms with van der Waals surface area (Å²) < 4.78 is 38.1. The molecular formula is C19H17N3O4S. The van der Waals surface area contributed by atoms with E-state index in [1.807, 2.05) is 24.3 Å². The lowest BCUT2D eigenvalue weighted by molar-refractivity contribution is 0.174. The summed E-state index contributed by atoms with van der Waals surface area (Å²) in [6.07, 6.45) is 3.48. The van der Waals surface area contributed by atoms with Gasteiger partial charge in [0.2, 0.25) is 6.79 Å². The number of rotatable bonds is 6. The van der Waals surface area contributed by atoms with Crippen molar-refractivity contribution in [3.8, 4) is 11.5 Å². The van der Waals surface area contributed by atoms with Gasteiger partial charge in [-0.05, 0) is 54.1 Å². The van der Waals surface area contributed by atoms with Gasteiger partial charge in [-0.1, -0.05) is 0 Å². The third-order valence-corrected chi connectivity index (χ3v) is 5.42. The molecule has 0 bridgehead atoms. The minimum atomic E-state index is -3.72. The highest BCUT2D eigenvalue weighted by atomic mass is 32.2. The standard InChI is InChI=1S/C19H17N3O4S/c23-27(24,17-5-6-18-19(11-17)26-13-25-18)22-16-3-1-15(2-4-16)21-12-14-7-9-20-10-8-14/h1-11,21-22H,12-13H2. The number of ether oxygens (including phenoxy) is 2. The molecule has 0 unspecified atom stereocenters. The quantitative estimate of drug-likeness (QED) is 0.679. The molecule has 1 aromatic heterocycles. The summed E-state index contributed by atoms with van der Waals surface area (Å²) in [5, 5.41) is 3.28. The fraction of sp³-hybridized carbons (Fsp3) is 0.105. The first kappa shape index (κ1) is 17.2. The van der Waals surface area contributed by atoms with E-state index in [2.05, 4.69) is 15.0 Å². The van der Waals surface area contributed by atoms with Crippen LogP contribution < -0.4 is 19.5 Å². The third kappa shape index (κ3) is 3.95. The Kier molecular flexibility index (Phi) is 4.55. The van der Waals surface area contributed by atoms with Crippen LogP contribution in [0.4, 0.5) is 11.4 Å². The van der Waals surface area contributed by atoms with Gasteiger partial charge in [-0.2, -0.15) is 0 Å². The van der Waals surface area contributed by atoms with Gasteiger partial charge in [-0.25, -0.2) is 8.42 Å². The van der Waals surface area contributed by atoms with Crippen molar-refractivity contribution in [3.63, 3.8) is 0 Å². The van der Waals surface area contributed by atoms with Crippen molar-refractivity contribution >= 4 is 21.4 Å². The molecule has 1 aliphatic heterocycles. The highest BCUT2D eigenvalue weighted by molar-refractivity contribution is 7.92. The molecule has 7 nitrogen and oxygen atoms in total. The zero-order valence-electron chi connectivity index (χ0n) is 14.3. The van der Waals surface area contributed by atoms with Crippen molar-refractivity contribution in [1.29, 1.82) is 0 Å². The summed E-state index contributed by atoms with van der Waals surface area (Å²) in [5.74, 6) is 0.965. The monoisotopic (exact) mass is 383 g/mol. The van der Waals surface area contributed by atoms with Crippen LogP contribution in [0.1, 0.15) is 5.56 Å². The SMILES string of the molecule is O=S(=O)(Nc1ccc(NCc2ccncc2)cc1)c1ccc2c(c1)OCO2. The molecule has 0 fully saturated rings. The summed E-state index contributed by atoms with van der Waals surface area (Å²) in [4.78, 5) is 4.10. The topological polar surface area (TPSA) is 89.6 Å². The summed E-state index contributed by atoms with van der Waals surface area (Å²) in [6, 6.07) is 15.4. The Labute approximate surface area is 157 Å². The molecule has 0 radical (unpaired) electrons. The van der Waals surface area contributed by atoms with Crippen molar-refractivity contribution in [2.45, 2.75) is 11.4 Å². The van der Waals surface area contributed by atoms with Crippen molar-refractivity contribution < 1.29 is 17.9 Å². The molecule has 0 aliphatic carbocycles. The van der Waals surface area contributed by atoms with Gasteiger partial charge in [0, 0.05) is 36.4 Å². The molecule has 0 amide bonds. The number of nitrogens with zero attached hydrogens (tertiary/aromatic N) is 1. The van der Waals surface area contributed by atoms with E-state index < -0.39 is 10.0 Å². The van der Waals surface area contributed by atoms with E-state index in [-0.39, 0.29) is 11.7 Å².